The van der Waals surface area contributed by atoms with E-state index in [9.17, 15) is 14.7 Å². The fourth-order valence-electron chi connectivity index (χ4n) is 4.08. The Labute approximate surface area is 204 Å². The summed E-state index contributed by atoms with van der Waals surface area (Å²) in [5, 5.41) is 11.7. The molecule has 1 atom stereocenters. The van der Waals surface area contributed by atoms with E-state index in [1.54, 1.807) is 30.3 Å². The number of Topliss-reactive ketones (excluding diaryl/α,β-unsaturated/α-hetero) is 1. The fraction of sp³-hybridized carbons (Fsp3) is 0.214. The van der Waals surface area contributed by atoms with Gasteiger partial charge in [0.25, 0.3) is 11.7 Å². The zero-order chi connectivity index (χ0) is 24.6. The van der Waals surface area contributed by atoms with Crippen molar-refractivity contribution < 1.29 is 19.4 Å². The lowest BCUT2D eigenvalue weighted by Gasteiger charge is -2.26. The van der Waals surface area contributed by atoms with Crippen molar-refractivity contribution in [3.63, 3.8) is 0 Å². The molecule has 1 saturated heterocycles. The van der Waals surface area contributed by atoms with E-state index in [1.165, 1.54) is 4.90 Å². The van der Waals surface area contributed by atoms with Crippen molar-refractivity contribution in [1.29, 1.82) is 0 Å². The molecule has 1 heterocycles. The highest BCUT2D eigenvalue weighted by Crippen LogP contribution is 2.43. The van der Waals surface area contributed by atoms with Crippen LogP contribution in [0.3, 0.4) is 0 Å². The lowest BCUT2D eigenvalue weighted by atomic mass is 9.94. The number of halogens is 1. The molecule has 0 aromatic heterocycles. The van der Waals surface area contributed by atoms with Crippen molar-refractivity contribution in [3.05, 3.63) is 99.6 Å². The lowest BCUT2D eigenvalue weighted by Crippen LogP contribution is -2.29. The highest BCUT2D eigenvalue weighted by molar-refractivity contribution is 6.51. The van der Waals surface area contributed by atoms with Crippen molar-refractivity contribution >= 4 is 34.7 Å². The van der Waals surface area contributed by atoms with Gasteiger partial charge in [0.15, 0.2) is 0 Å². The van der Waals surface area contributed by atoms with E-state index in [1.807, 2.05) is 64.1 Å². The number of carbonyl (C=O) groups excluding carboxylic acids is 2. The molecule has 34 heavy (non-hydrogen) atoms. The minimum atomic E-state index is -0.825. The van der Waals surface area contributed by atoms with Crippen molar-refractivity contribution in [2.24, 2.45) is 0 Å². The first kappa shape index (κ1) is 23.6. The summed E-state index contributed by atoms with van der Waals surface area (Å²) in [6.07, 6.45) is -0.0459. The van der Waals surface area contributed by atoms with Gasteiger partial charge in [-0.15, -0.1) is 0 Å². The van der Waals surface area contributed by atoms with E-state index in [-0.39, 0.29) is 17.4 Å². The summed E-state index contributed by atoms with van der Waals surface area (Å²) in [7, 11) is 0. The van der Waals surface area contributed by atoms with Crippen molar-refractivity contribution in [2.75, 3.05) is 4.90 Å². The van der Waals surface area contributed by atoms with Crippen LogP contribution < -0.4 is 9.64 Å². The molecule has 0 spiro atoms. The molecule has 174 valence electrons. The third-order valence-electron chi connectivity index (χ3n) is 5.88. The van der Waals surface area contributed by atoms with E-state index in [0.29, 0.717) is 27.6 Å². The van der Waals surface area contributed by atoms with Crippen LogP contribution in [0.4, 0.5) is 5.69 Å². The predicted molar refractivity (Wildman–Crippen MR) is 134 cm³/mol. The summed E-state index contributed by atoms with van der Waals surface area (Å²) in [6.45, 7) is 7.79. The van der Waals surface area contributed by atoms with Crippen LogP contribution in [-0.4, -0.2) is 22.9 Å². The minimum absolute atomic E-state index is 0.0206. The molecule has 1 unspecified atom stereocenters. The van der Waals surface area contributed by atoms with Crippen LogP contribution in [0.25, 0.3) is 5.76 Å². The number of aliphatic hydroxyl groups is 1. The largest absolute Gasteiger partial charge is 0.507 e. The van der Waals surface area contributed by atoms with Crippen LogP contribution in [0.2, 0.25) is 5.02 Å². The zero-order valence-corrected chi connectivity index (χ0v) is 20.3. The topological polar surface area (TPSA) is 66.8 Å². The lowest BCUT2D eigenvalue weighted by molar-refractivity contribution is -0.132. The Morgan fingerprint density at radius 2 is 1.68 bits per heavy atom. The Hall–Kier alpha value is -3.57. The Morgan fingerprint density at radius 3 is 2.32 bits per heavy atom. The monoisotopic (exact) mass is 475 g/mol. The second kappa shape index (κ2) is 9.35. The van der Waals surface area contributed by atoms with E-state index >= 15 is 0 Å². The summed E-state index contributed by atoms with van der Waals surface area (Å²) in [5.74, 6) is -1.07. The Kier molecular flexibility index (Phi) is 6.49. The predicted octanol–water partition coefficient (Wildman–Crippen LogP) is 6.37. The normalized spacial score (nSPS) is 17.5. The molecule has 1 aliphatic rings. The molecular formula is C28H26ClNO4. The SMILES string of the molecule is Cc1ccc(N2C(=O)C(=O)/C(=C(/O)c3ccc(Cl)cc3)C2c2cccc(OC(C)C)c2)cc1C. The van der Waals surface area contributed by atoms with Gasteiger partial charge in [0.2, 0.25) is 0 Å². The number of amides is 1. The molecular weight excluding hydrogens is 450 g/mol. The number of hydrogen-bond donors (Lipinski definition) is 1. The van der Waals surface area contributed by atoms with Gasteiger partial charge in [-0.3, -0.25) is 14.5 Å². The van der Waals surface area contributed by atoms with E-state index in [4.69, 9.17) is 16.3 Å². The second-order valence-electron chi connectivity index (χ2n) is 8.68. The summed E-state index contributed by atoms with van der Waals surface area (Å²) in [5.41, 5.74) is 3.74. The summed E-state index contributed by atoms with van der Waals surface area (Å²) < 4.78 is 5.86. The molecule has 3 aromatic rings. The number of aryl methyl sites for hydroxylation is 2. The maximum Gasteiger partial charge on any atom is 0.300 e. The number of hydrogen-bond acceptors (Lipinski definition) is 4. The van der Waals surface area contributed by atoms with Crippen LogP contribution in [0.5, 0.6) is 5.75 Å². The number of aliphatic hydroxyl groups excluding tert-OH is 1. The summed E-state index contributed by atoms with van der Waals surface area (Å²) in [6, 6.07) is 18.6. The first-order valence-electron chi connectivity index (χ1n) is 11.1. The molecule has 0 aliphatic carbocycles. The van der Waals surface area contributed by atoms with Crippen LogP contribution in [0.1, 0.15) is 42.1 Å². The van der Waals surface area contributed by atoms with Gasteiger partial charge < -0.3 is 9.84 Å². The van der Waals surface area contributed by atoms with Crippen LogP contribution >= 0.6 is 11.6 Å². The average molecular weight is 476 g/mol. The molecule has 3 aromatic carbocycles. The third-order valence-corrected chi connectivity index (χ3v) is 6.13. The van der Waals surface area contributed by atoms with Gasteiger partial charge >= 0.3 is 0 Å². The Balaban J connectivity index is 1.94. The average Bonchev–Trinajstić information content (AvgIpc) is 3.06. The number of ketones is 1. The van der Waals surface area contributed by atoms with Gasteiger partial charge in [-0.25, -0.2) is 0 Å². The number of rotatable bonds is 5. The third kappa shape index (κ3) is 4.44. The molecule has 0 bridgehead atoms. The molecule has 1 N–H and O–H groups in total. The zero-order valence-electron chi connectivity index (χ0n) is 19.5. The van der Waals surface area contributed by atoms with E-state index < -0.39 is 17.7 Å². The van der Waals surface area contributed by atoms with Crippen molar-refractivity contribution in [2.45, 2.75) is 39.8 Å². The fourth-order valence-corrected chi connectivity index (χ4v) is 4.21. The Bertz CT molecular complexity index is 1290. The van der Waals surface area contributed by atoms with Gasteiger partial charge in [-0.05, 0) is 92.9 Å². The number of benzene rings is 3. The Morgan fingerprint density at radius 1 is 0.971 bits per heavy atom. The minimum Gasteiger partial charge on any atom is -0.507 e. The highest BCUT2D eigenvalue weighted by Gasteiger charge is 2.47. The van der Waals surface area contributed by atoms with E-state index in [2.05, 4.69) is 0 Å². The molecule has 1 amide bonds. The first-order valence-corrected chi connectivity index (χ1v) is 11.5. The van der Waals surface area contributed by atoms with Gasteiger partial charge in [0.05, 0.1) is 17.7 Å². The van der Waals surface area contributed by atoms with Crippen molar-refractivity contribution in [3.8, 4) is 5.75 Å². The maximum absolute atomic E-state index is 13.3. The van der Waals surface area contributed by atoms with Gasteiger partial charge in [0, 0.05) is 16.3 Å². The molecule has 5 nitrogen and oxygen atoms in total. The number of carbonyl (C=O) groups is 2. The van der Waals surface area contributed by atoms with E-state index in [0.717, 1.165) is 11.1 Å². The molecule has 4 rings (SSSR count). The second-order valence-corrected chi connectivity index (χ2v) is 9.12. The summed E-state index contributed by atoms with van der Waals surface area (Å²) >= 11 is 6.00. The van der Waals surface area contributed by atoms with Gasteiger partial charge in [-0.2, -0.15) is 0 Å². The molecule has 0 saturated carbocycles. The highest BCUT2D eigenvalue weighted by atomic mass is 35.5. The number of ether oxygens (including phenoxy) is 1. The first-order chi connectivity index (χ1) is 16.2. The molecule has 1 fully saturated rings. The van der Waals surface area contributed by atoms with Gasteiger partial charge in [-0.1, -0.05) is 29.8 Å². The number of nitrogens with zero attached hydrogens (tertiary/aromatic N) is 1. The van der Waals surface area contributed by atoms with Gasteiger partial charge in [0.1, 0.15) is 11.5 Å². The van der Waals surface area contributed by atoms with Crippen LogP contribution in [0, 0.1) is 13.8 Å². The number of anilines is 1. The quantitative estimate of drug-likeness (QED) is 0.264. The standard InChI is InChI=1S/C28H26ClNO4/c1-16(2)34-23-7-5-6-20(15-23)25-24(26(31)19-9-11-21(29)12-10-19)27(32)28(33)30(25)22-13-8-17(3)18(4)14-22/h5-16,25,31H,1-4H3/b26-24+. The van der Waals surface area contributed by atoms with Crippen molar-refractivity contribution in [1.82, 2.24) is 0 Å². The molecule has 6 heteroatoms. The maximum atomic E-state index is 13.3. The van der Waals surface area contributed by atoms with Crippen LogP contribution in [-0.2, 0) is 9.59 Å². The summed E-state index contributed by atoms with van der Waals surface area (Å²) in [4.78, 5) is 28.1. The smallest absolute Gasteiger partial charge is 0.300 e. The van der Waals surface area contributed by atoms with Crippen LogP contribution in [0.15, 0.2) is 72.3 Å². The molecule has 1 aliphatic heterocycles. The molecule has 0 radical (unpaired) electrons.